The van der Waals surface area contributed by atoms with Crippen LogP contribution in [0.4, 0.5) is 0 Å². The lowest BCUT2D eigenvalue weighted by Gasteiger charge is -2.12. The molecule has 0 amide bonds. The molecule has 5 N–H and O–H groups in total. The van der Waals surface area contributed by atoms with E-state index in [4.69, 9.17) is 43.3 Å². The summed E-state index contributed by atoms with van der Waals surface area (Å²) in [7, 11) is -4.64. The minimum absolute atomic E-state index is 0.00417. The Kier molecular flexibility index (Phi) is 19.3. The van der Waals surface area contributed by atoms with E-state index in [0.717, 1.165) is 0 Å². The van der Waals surface area contributed by atoms with Crippen LogP contribution in [0.1, 0.15) is 6.92 Å². The lowest BCUT2D eigenvalue weighted by molar-refractivity contribution is -0.173. The van der Waals surface area contributed by atoms with Gasteiger partial charge in [0.2, 0.25) is 6.29 Å². The maximum absolute atomic E-state index is 11.1. The molecule has 0 aliphatic heterocycles. The molecular weight excluding hydrogens is 391 g/mol. The zero-order valence-corrected chi connectivity index (χ0v) is 16.1. The van der Waals surface area contributed by atoms with Gasteiger partial charge in [0.25, 0.3) is 0 Å². The molecule has 1 atom stereocenters. The van der Waals surface area contributed by atoms with Crippen LogP contribution in [-0.4, -0.2) is 96.6 Å². The van der Waals surface area contributed by atoms with Gasteiger partial charge in [-0.3, -0.25) is 0 Å². The van der Waals surface area contributed by atoms with Crippen LogP contribution in [0.3, 0.4) is 0 Å². The molecule has 0 radical (unpaired) electrons. The van der Waals surface area contributed by atoms with E-state index in [1.165, 1.54) is 6.92 Å². The van der Waals surface area contributed by atoms with Crippen molar-refractivity contribution in [3.05, 3.63) is 12.2 Å². The second-order valence-corrected chi connectivity index (χ2v) is 5.82. The Hall–Kier alpha value is -0.920. The van der Waals surface area contributed by atoms with E-state index in [1.807, 2.05) is 0 Å². The summed E-state index contributed by atoms with van der Waals surface area (Å²) in [6.07, 6.45) is -1.31. The summed E-state index contributed by atoms with van der Waals surface area (Å²) in [5.74, 6) is -0.660. The van der Waals surface area contributed by atoms with E-state index in [2.05, 4.69) is 11.3 Å². The van der Waals surface area contributed by atoms with Crippen LogP contribution in [0.25, 0.3) is 0 Å². The standard InChI is InChI=1S/C14H26O8.H3O4P/c1-12(2)14(17)22-13(16)11-21-10-9-20-8-7-19-6-5-18-4-3-15;1-5(2,3)4/h13,15-16H,1,3-11H2,2H3;(H3,1,2,3,4). The minimum atomic E-state index is -4.64. The van der Waals surface area contributed by atoms with Gasteiger partial charge in [-0.15, -0.1) is 0 Å². The molecule has 0 spiro atoms. The first kappa shape index (κ1) is 28.3. The summed E-state index contributed by atoms with van der Waals surface area (Å²) in [5.41, 5.74) is 0.212. The van der Waals surface area contributed by atoms with Crippen molar-refractivity contribution in [1.82, 2.24) is 0 Å². The first-order valence-corrected chi connectivity index (χ1v) is 9.39. The molecule has 0 heterocycles. The Morgan fingerprint density at radius 1 is 0.926 bits per heavy atom. The highest BCUT2D eigenvalue weighted by atomic mass is 31.2. The smallest absolute Gasteiger partial charge is 0.430 e. The van der Waals surface area contributed by atoms with Gasteiger partial charge in [-0.25, -0.2) is 9.36 Å². The highest BCUT2D eigenvalue weighted by Crippen LogP contribution is 2.25. The second kappa shape index (κ2) is 18.4. The van der Waals surface area contributed by atoms with Gasteiger partial charge in [0.1, 0.15) is 6.61 Å². The third-order valence-corrected chi connectivity index (χ3v) is 2.20. The van der Waals surface area contributed by atoms with Crippen molar-refractivity contribution in [2.75, 3.05) is 59.5 Å². The summed E-state index contributed by atoms with van der Waals surface area (Å²) in [5, 5.41) is 17.8. The highest BCUT2D eigenvalue weighted by Gasteiger charge is 2.11. The fourth-order valence-corrected chi connectivity index (χ4v) is 1.17. The van der Waals surface area contributed by atoms with E-state index in [0.29, 0.717) is 39.6 Å². The molecule has 0 bridgehead atoms. The molecule has 0 saturated carbocycles. The number of carbonyl (C=O) groups excluding carboxylic acids is 1. The van der Waals surface area contributed by atoms with Crippen molar-refractivity contribution in [2.45, 2.75) is 13.2 Å². The van der Waals surface area contributed by atoms with Crippen molar-refractivity contribution in [3.63, 3.8) is 0 Å². The van der Waals surface area contributed by atoms with Gasteiger partial charge in [-0.1, -0.05) is 6.58 Å². The molecule has 0 rings (SSSR count). The summed E-state index contributed by atoms with van der Waals surface area (Å²) < 4.78 is 34.0. The largest absolute Gasteiger partial charge is 0.466 e. The van der Waals surface area contributed by atoms with E-state index >= 15 is 0 Å². The molecule has 0 aliphatic rings. The van der Waals surface area contributed by atoms with Crippen molar-refractivity contribution < 1.29 is 57.9 Å². The molecule has 1 unspecified atom stereocenters. The summed E-state index contributed by atoms with van der Waals surface area (Å²) in [6.45, 7) is 7.41. The Morgan fingerprint density at radius 2 is 1.30 bits per heavy atom. The molecule has 0 saturated heterocycles. The summed E-state index contributed by atoms with van der Waals surface area (Å²) in [4.78, 5) is 32.6. The van der Waals surface area contributed by atoms with Crippen molar-refractivity contribution >= 4 is 13.8 Å². The highest BCUT2D eigenvalue weighted by molar-refractivity contribution is 7.45. The number of hydrogen-bond donors (Lipinski definition) is 5. The number of hydrogen-bond acceptors (Lipinski definition) is 9. The van der Waals surface area contributed by atoms with Gasteiger partial charge < -0.3 is 48.6 Å². The van der Waals surface area contributed by atoms with Gasteiger partial charge in [0.15, 0.2) is 0 Å². The molecule has 0 aromatic heterocycles. The number of aliphatic hydroxyl groups is 2. The SMILES string of the molecule is C=C(C)C(=O)OC(O)COCCOCCOCCOCCO.O=P(O)(O)O. The molecular formula is C14H29O12P. The predicted molar refractivity (Wildman–Crippen MR) is 91.5 cm³/mol. The fourth-order valence-electron chi connectivity index (χ4n) is 1.17. The van der Waals surface area contributed by atoms with Gasteiger partial charge in [0.05, 0.1) is 52.9 Å². The zero-order valence-electron chi connectivity index (χ0n) is 15.2. The average molecular weight is 420 g/mol. The van der Waals surface area contributed by atoms with Crippen LogP contribution < -0.4 is 0 Å². The third-order valence-electron chi connectivity index (χ3n) is 2.20. The van der Waals surface area contributed by atoms with Crippen LogP contribution in [0, 0.1) is 0 Å². The van der Waals surface area contributed by atoms with Gasteiger partial charge in [0, 0.05) is 5.57 Å². The average Bonchev–Trinajstić information content (AvgIpc) is 2.54. The number of rotatable bonds is 15. The lowest BCUT2D eigenvalue weighted by Crippen LogP contribution is -2.24. The second-order valence-electron chi connectivity index (χ2n) is 4.79. The Labute approximate surface area is 157 Å². The Morgan fingerprint density at radius 3 is 1.67 bits per heavy atom. The molecule has 13 heteroatoms. The molecule has 162 valence electrons. The van der Waals surface area contributed by atoms with E-state index < -0.39 is 20.1 Å². The molecule has 0 aromatic carbocycles. The summed E-state index contributed by atoms with van der Waals surface area (Å²) in [6, 6.07) is 0. The molecule has 0 aromatic rings. The van der Waals surface area contributed by atoms with Gasteiger partial charge >= 0.3 is 13.8 Å². The first-order valence-electron chi connectivity index (χ1n) is 7.82. The van der Waals surface area contributed by atoms with Crippen LogP contribution in [0.15, 0.2) is 12.2 Å². The molecule has 0 fully saturated rings. The van der Waals surface area contributed by atoms with E-state index in [-0.39, 0.29) is 25.4 Å². The third kappa shape index (κ3) is 30.1. The first-order chi connectivity index (χ1) is 12.6. The number of aliphatic hydroxyl groups excluding tert-OH is 2. The van der Waals surface area contributed by atoms with Gasteiger partial charge in [-0.2, -0.15) is 0 Å². The lowest BCUT2D eigenvalue weighted by atomic mass is 10.4. The van der Waals surface area contributed by atoms with Crippen molar-refractivity contribution in [3.8, 4) is 0 Å². The topological polar surface area (TPSA) is 181 Å². The van der Waals surface area contributed by atoms with Crippen LogP contribution in [-0.2, 0) is 33.0 Å². The number of esters is 1. The van der Waals surface area contributed by atoms with Crippen LogP contribution in [0.2, 0.25) is 0 Å². The maximum Gasteiger partial charge on any atom is 0.466 e. The summed E-state index contributed by atoms with van der Waals surface area (Å²) >= 11 is 0. The number of ether oxygens (including phenoxy) is 5. The normalized spacial score (nSPS) is 12.1. The number of phosphoric acid groups is 1. The van der Waals surface area contributed by atoms with Crippen LogP contribution in [0.5, 0.6) is 0 Å². The molecule has 0 aliphatic carbocycles. The van der Waals surface area contributed by atoms with E-state index in [1.54, 1.807) is 0 Å². The van der Waals surface area contributed by atoms with Crippen LogP contribution >= 0.6 is 7.82 Å². The molecule has 12 nitrogen and oxygen atoms in total. The van der Waals surface area contributed by atoms with Crippen molar-refractivity contribution in [1.29, 1.82) is 0 Å². The zero-order chi connectivity index (χ0) is 21.1. The minimum Gasteiger partial charge on any atom is -0.430 e. The monoisotopic (exact) mass is 420 g/mol. The predicted octanol–water partition coefficient (Wildman–Crippen LogP) is -1.45. The van der Waals surface area contributed by atoms with Crippen molar-refractivity contribution in [2.24, 2.45) is 0 Å². The van der Waals surface area contributed by atoms with E-state index in [9.17, 15) is 9.90 Å². The maximum atomic E-state index is 11.1. The van der Waals surface area contributed by atoms with Gasteiger partial charge in [-0.05, 0) is 6.92 Å². The fraction of sp³-hybridized carbons (Fsp3) is 0.786. The molecule has 27 heavy (non-hydrogen) atoms. The Balaban J connectivity index is 0. The quantitative estimate of drug-likeness (QED) is 0.0685. The number of carbonyl (C=O) groups is 1. The Bertz CT molecular complexity index is 416.